The Kier molecular flexibility index (Phi) is 2.49. The lowest BCUT2D eigenvalue weighted by Gasteiger charge is -1.98. The van der Waals surface area contributed by atoms with E-state index in [0.29, 0.717) is 5.92 Å². The maximum absolute atomic E-state index is 11.6. The van der Waals surface area contributed by atoms with Crippen molar-refractivity contribution in [1.82, 2.24) is 0 Å². The highest BCUT2D eigenvalue weighted by atomic mass is 79.9. The van der Waals surface area contributed by atoms with Crippen LogP contribution in [-0.2, 0) is 0 Å². The van der Waals surface area contributed by atoms with E-state index in [1.54, 1.807) is 0 Å². The molecule has 1 aromatic rings. The van der Waals surface area contributed by atoms with E-state index < -0.39 is 0 Å². The van der Waals surface area contributed by atoms with Crippen molar-refractivity contribution in [2.24, 2.45) is 5.92 Å². The van der Waals surface area contributed by atoms with E-state index in [1.165, 1.54) is 12.8 Å². The van der Waals surface area contributed by atoms with Gasteiger partial charge in [0.2, 0.25) is 0 Å². The Morgan fingerprint density at radius 3 is 2.46 bits per heavy atom. The normalized spacial score (nSPS) is 15.8. The summed E-state index contributed by atoms with van der Waals surface area (Å²) < 4.78 is 1.02. The predicted octanol–water partition coefficient (Wildman–Crippen LogP) is 3.43. The van der Waals surface area contributed by atoms with E-state index in [0.717, 1.165) is 16.5 Å². The molecule has 0 N–H and O–H groups in total. The first-order valence-electron chi connectivity index (χ1n) is 4.54. The monoisotopic (exact) mass is 238 g/mol. The van der Waals surface area contributed by atoms with Crippen LogP contribution < -0.4 is 0 Å². The zero-order chi connectivity index (χ0) is 9.26. The van der Waals surface area contributed by atoms with Crippen LogP contribution in [0.15, 0.2) is 28.7 Å². The van der Waals surface area contributed by atoms with E-state index in [9.17, 15) is 4.79 Å². The van der Waals surface area contributed by atoms with Crippen LogP contribution in [0, 0.1) is 5.92 Å². The van der Waals surface area contributed by atoms with Crippen molar-refractivity contribution < 1.29 is 4.79 Å². The van der Waals surface area contributed by atoms with E-state index in [4.69, 9.17) is 0 Å². The van der Waals surface area contributed by atoms with Crippen molar-refractivity contribution in [2.45, 2.75) is 19.3 Å². The van der Waals surface area contributed by atoms with Gasteiger partial charge in [-0.05, 0) is 30.9 Å². The third-order valence-electron chi connectivity index (χ3n) is 2.34. The van der Waals surface area contributed by atoms with Crippen LogP contribution in [0.25, 0.3) is 0 Å². The van der Waals surface area contributed by atoms with Gasteiger partial charge in [-0.25, -0.2) is 0 Å². The van der Waals surface area contributed by atoms with E-state index in [1.807, 2.05) is 24.3 Å². The van der Waals surface area contributed by atoms with Gasteiger partial charge < -0.3 is 0 Å². The number of benzene rings is 1. The van der Waals surface area contributed by atoms with Crippen LogP contribution in [0.5, 0.6) is 0 Å². The molecule has 0 aromatic heterocycles. The minimum Gasteiger partial charge on any atom is -0.294 e. The summed E-state index contributed by atoms with van der Waals surface area (Å²) in [6.07, 6.45) is 3.21. The fourth-order valence-electron chi connectivity index (χ4n) is 1.34. The molecular formula is C11H11BrO. The van der Waals surface area contributed by atoms with Gasteiger partial charge in [0.15, 0.2) is 5.78 Å². The molecule has 0 heterocycles. The van der Waals surface area contributed by atoms with Crippen molar-refractivity contribution in [3.05, 3.63) is 34.3 Å². The average Bonchev–Trinajstić information content (AvgIpc) is 2.89. The van der Waals surface area contributed by atoms with Gasteiger partial charge in [-0.3, -0.25) is 4.79 Å². The molecule has 0 atom stereocenters. The van der Waals surface area contributed by atoms with Crippen LogP contribution >= 0.6 is 15.9 Å². The highest BCUT2D eigenvalue weighted by Crippen LogP contribution is 2.33. The molecule has 0 radical (unpaired) electrons. The summed E-state index contributed by atoms with van der Waals surface area (Å²) in [7, 11) is 0. The summed E-state index contributed by atoms with van der Waals surface area (Å²) in [5.74, 6) is 0.964. The lowest BCUT2D eigenvalue weighted by atomic mass is 10.1. The number of carbonyl (C=O) groups is 1. The average molecular weight is 239 g/mol. The van der Waals surface area contributed by atoms with Crippen molar-refractivity contribution in [2.75, 3.05) is 0 Å². The standard InChI is InChI=1S/C11H11BrO/c12-10-5-3-9(4-6-10)11(13)7-8-1-2-8/h3-6,8H,1-2,7H2. The van der Waals surface area contributed by atoms with Crippen LogP contribution in [-0.4, -0.2) is 5.78 Å². The fourth-order valence-corrected chi connectivity index (χ4v) is 1.60. The Morgan fingerprint density at radius 1 is 1.31 bits per heavy atom. The van der Waals surface area contributed by atoms with E-state index >= 15 is 0 Å². The minimum atomic E-state index is 0.287. The molecule has 0 spiro atoms. The summed E-state index contributed by atoms with van der Waals surface area (Å²) in [5.41, 5.74) is 0.843. The topological polar surface area (TPSA) is 17.1 Å². The highest BCUT2D eigenvalue weighted by molar-refractivity contribution is 9.10. The fraction of sp³-hybridized carbons (Fsp3) is 0.364. The van der Waals surface area contributed by atoms with Gasteiger partial charge in [0.05, 0.1) is 0 Å². The van der Waals surface area contributed by atoms with Crippen molar-refractivity contribution in [3.8, 4) is 0 Å². The number of hydrogen-bond acceptors (Lipinski definition) is 1. The molecule has 1 fully saturated rings. The second-order valence-corrected chi connectivity index (χ2v) is 4.49. The van der Waals surface area contributed by atoms with Crippen molar-refractivity contribution in [1.29, 1.82) is 0 Å². The first-order valence-corrected chi connectivity index (χ1v) is 5.34. The third-order valence-corrected chi connectivity index (χ3v) is 2.87. The predicted molar refractivity (Wildman–Crippen MR) is 55.8 cm³/mol. The Balaban J connectivity index is 2.05. The molecule has 68 valence electrons. The molecule has 1 saturated carbocycles. The van der Waals surface area contributed by atoms with Gasteiger partial charge in [-0.2, -0.15) is 0 Å². The summed E-state index contributed by atoms with van der Waals surface area (Å²) in [6, 6.07) is 7.60. The quantitative estimate of drug-likeness (QED) is 0.738. The maximum Gasteiger partial charge on any atom is 0.163 e. The third kappa shape index (κ3) is 2.41. The smallest absolute Gasteiger partial charge is 0.163 e. The SMILES string of the molecule is O=C(CC1CC1)c1ccc(Br)cc1. The van der Waals surface area contributed by atoms with Gasteiger partial charge in [0.25, 0.3) is 0 Å². The van der Waals surface area contributed by atoms with Crippen molar-refractivity contribution >= 4 is 21.7 Å². The summed E-state index contributed by atoms with van der Waals surface area (Å²) >= 11 is 3.35. The molecule has 1 aliphatic rings. The highest BCUT2D eigenvalue weighted by Gasteiger charge is 2.24. The zero-order valence-electron chi connectivity index (χ0n) is 7.29. The lowest BCUT2D eigenvalue weighted by molar-refractivity contribution is 0.0976. The molecule has 2 heteroatoms. The summed E-state index contributed by atoms with van der Waals surface area (Å²) in [4.78, 5) is 11.6. The first-order chi connectivity index (χ1) is 6.25. The second-order valence-electron chi connectivity index (χ2n) is 3.58. The zero-order valence-corrected chi connectivity index (χ0v) is 8.88. The number of ketones is 1. The van der Waals surface area contributed by atoms with Gasteiger partial charge in [-0.1, -0.05) is 28.1 Å². The Labute approximate surface area is 86.3 Å². The number of carbonyl (C=O) groups excluding carboxylic acids is 1. The number of rotatable bonds is 3. The molecule has 0 bridgehead atoms. The Hall–Kier alpha value is -0.630. The minimum absolute atomic E-state index is 0.287. The van der Waals surface area contributed by atoms with Gasteiger partial charge in [0, 0.05) is 16.5 Å². The lowest BCUT2D eigenvalue weighted by Crippen LogP contribution is -1.99. The molecule has 13 heavy (non-hydrogen) atoms. The number of Topliss-reactive ketones (excluding diaryl/α,β-unsaturated/α-hetero) is 1. The Bertz CT molecular complexity index is 311. The molecule has 2 rings (SSSR count). The molecule has 0 unspecified atom stereocenters. The van der Waals surface area contributed by atoms with E-state index in [-0.39, 0.29) is 5.78 Å². The van der Waals surface area contributed by atoms with Crippen LogP contribution in [0.4, 0.5) is 0 Å². The Morgan fingerprint density at radius 2 is 1.92 bits per heavy atom. The van der Waals surface area contributed by atoms with E-state index in [2.05, 4.69) is 15.9 Å². The van der Waals surface area contributed by atoms with Gasteiger partial charge in [-0.15, -0.1) is 0 Å². The molecular weight excluding hydrogens is 228 g/mol. The molecule has 0 aliphatic heterocycles. The molecule has 1 aromatic carbocycles. The van der Waals surface area contributed by atoms with Crippen LogP contribution in [0.1, 0.15) is 29.6 Å². The summed E-state index contributed by atoms with van der Waals surface area (Å²) in [6.45, 7) is 0. The van der Waals surface area contributed by atoms with Crippen molar-refractivity contribution in [3.63, 3.8) is 0 Å². The number of halogens is 1. The summed E-state index contributed by atoms with van der Waals surface area (Å²) in [5, 5.41) is 0. The molecule has 0 saturated heterocycles. The second kappa shape index (κ2) is 3.62. The molecule has 1 aliphatic carbocycles. The van der Waals surface area contributed by atoms with Crippen LogP contribution in [0.3, 0.4) is 0 Å². The van der Waals surface area contributed by atoms with Crippen LogP contribution in [0.2, 0.25) is 0 Å². The number of hydrogen-bond donors (Lipinski definition) is 0. The maximum atomic E-state index is 11.6. The van der Waals surface area contributed by atoms with Gasteiger partial charge >= 0.3 is 0 Å². The molecule has 1 nitrogen and oxygen atoms in total. The first kappa shape index (κ1) is 8.95. The largest absolute Gasteiger partial charge is 0.294 e. The molecule has 0 amide bonds. The van der Waals surface area contributed by atoms with Gasteiger partial charge in [0.1, 0.15) is 0 Å².